The van der Waals surface area contributed by atoms with E-state index in [-0.39, 0.29) is 17.5 Å². The Bertz CT molecular complexity index is 803. The molecule has 8 heteroatoms. The van der Waals surface area contributed by atoms with Crippen molar-refractivity contribution in [3.05, 3.63) is 52.0 Å². The number of thiophene rings is 1. The molecule has 0 bridgehead atoms. The van der Waals surface area contributed by atoms with E-state index in [1.54, 1.807) is 18.3 Å². The quantitative estimate of drug-likeness (QED) is 0.832. The maximum absolute atomic E-state index is 13.2. The van der Waals surface area contributed by atoms with E-state index >= 15 is 0 Å². The highest BCUT2D eigenvalue weighted by atomic mass is 32.2. The lowest BCUT2D eigenvalue weighted by atomic mass is 10.2. The van der Waals surface area contributed by atoms with Crippen LogP contribution in [-0.4, -0.2) is 46.2 Å². The number of hydrogen-bond donors (Lipinski definition) is 1. The van der Waals surface area contributed by atoms with Crippen LogP contribution in [0.5, 0.6) is 0 Å². The summed E-state index contributed by atoms with van der Waals surface area (Å²) in [6.45, 7) is 4.67. The zero-order chi connectivity index (χ0) is 17.9. The first-order chi connectivity index (χ1) is 12.0. The fourth-order valence-corrected chi connectivity index (χ4v) is 5.08. The number of aryl methyl sites for hydroxylation is 1. The molecule has 0 aliphatic carbocycles. The third-order valence-electron chi connectivity index (χ3n) is 4.25. The van der Waals surface area contributed by atoms with Gasteiger partial charge in [0.25, 0.3) is 0 Å². The van der Waals surface area contributed by atoms with Crippen molar-refractivity contribution in [1.29, 1.82) is 0 Å². The second-order valence-electron chi connectivity index (χ2n) is 5.94. The van der Waals surface area contributed by atoms with Crippen LogP contribution in [0.2, 0.25) is 0 Å². The molecule has 1 N–H and O–H groups in total. The van der Waals surface area contributed by atoms with E-state index in [1.807, 2.05) is 17.5 Å². The fraction of sp³-hybridized carbons (Fsp3) is 0.412. The summed E-state index contributed by atoms with van der Waals surface area (Å²) in [5, 5.41) is 1.99. The normalized spacial score (nSPS) is 17.5. The van der Waals surface area contributed by atoms with Gasteiger partial charge in [-0.25, -0.2) is 17.5 Å². The molecule has 1 saturated heterocycles. The van der Waals surface area contributed by atoms with Crippen LogP contribution >= 0.6 is 11.3 Å². The minimum atomic E-state index is -3.70. The van der Waals surface area contributed by atoms with E-state index < -0.39 is 15.8 Å². The summed E-state index contributed by atoms with van der Waals surface area (Å²) in [6.07, 6.45) is 0. The molecule has 1 aliphatic rings. The molecule has 5 nitrogen and oxygen atoms in total. The van der Waals surface area contributed by atoms with Crippen molar-refractivity contribution < 1.29 is 17.5 Å². The molecule has 1 unspecified atom stereocenters. The highest BCUT2D eigenvalue weighted by molar-refractivity contribution is 7.89. The Morgan fingerprint density at radius 3 is 2.72 bits per heavy atom. The van der Waals surface area contributed by atoms with Gasteiger partial charge in [0, 0.05) is 24.5 Å². The van der Waals surface area contributed by atoms with Crippen LogP contribution in [0.3, 0.4) is 0 Å². The Morgan fingerprint density at radius 2 is 2.08 bits per heavy atom. The van der Waals surface area contributed by atoms with Crippen LogP contribution in [0, 0.1) is 12.7 Å². The van der Waals surface area contributed by atoms with Crippen LogP contribution in [0.4, 0.5) is 4.39 Å². The number of halogens is 1. The summed E-state index contributed by atoms with van der Waals surface area (Å²) in [6, 6.07) is 7.64. The SMILES string of the molecule is Cc1cc(F)ccc1S(=O)(=O)NCC(c1cccs1)N1CCOCC1. The third-order valence-corrected chi connectivity index (χ3v) is 6.81. The Labute approximate surface area is 151 Å². The van der Waals surface area contributed by atoms with Gasteiger partial charge >= 0.3 is 0 Å². The summed E-state index contributed by atoms with van der Waals surface area (Å²) < 4.78 is 46.6. The zero-order valence-electron chi connectivity index (χ0n) is 13.9. The predicted molar refractivity (Wildman–Crippen MR) is 95.8 cm³/mol. The maximum atomic E-state index is 13.2. The Morgan fingerprint density at radius 1 is 1.32 bits per heavy atom. The molecule has 0 radical (unpaired) electrons. The number of nitrogens with one attached hydrogen (secondary N) is 1. The molecule has 1 aromatic carbocycles. The van der Waals surface area contributed by atoms with E-state index in [4.69, 9.17) is 4.74 Å². The van der Waals surface area contributed by atoms with E-state index in [1.165, 1.54) is 18.2 Å². The molecule has 136 valence electrons. The second kappa shape index (κ2) is 7.92. The van der Waals surface area contributed by atoms with Crippen LogP contribution in [-0.2, 0) is 14.8 Å². The Hall–Kier alpha value is -1.32. The molecule has 0 amide bonds. The smallest absolute Gasteiger partial charge is 0.240 e. The van der Waals surface area contributed by atoms with Crippen molar-refractivity contribution in [1.82, 2.24) is 9.62 Å². The minimum Gasteiger partial charge on any atom is -0.379 e. The topological polar surface area (TPSA) is 58.6 Å². The molecule has 3 rings (SSSR count). The van der Waals surface area contributed by atoms with Crippen molar-refractivity contribution in [3.8, 4) is 0 Å². The van der Waals surface area contributed by atoms with Gasteiger partial charge in [0.1, 0.15) is 5.82 Å². The van der Waals surface area contributed by atoms with Crippen molar-refractivity contribution in [3.63, 3.8) is 0 Å². The first kappa shape index (κ1) is 18.5. The molecular weight excluding hydrogens is 363 g/mol. The Kier molecular flexibility index (Phi) is 5.85. The average molecular weight is 384 g/mol. The number of ether oxygens (including phenoxy) is 1. The monoisotopic (exact) mass is 384 g/mol. The van der Waals surface area contributed by atoms with Gasteiger partial charge in [-0.2, -0.15) is 0 Å². The van der Waals surface area contributed by atoms with E-state index in [0.717, 1.165) is 18.0 Å². The number of benzene rings is 1. The molecule has 2 aromatic rings. The number of nitrogens with zero attached hydrogens (tertiary/aromatic N) is 1. The Balaban J connectivity index is 1.78. The molecule has 1 fully saturated rings. The van der Waals surface area contributed by atoms with Gasteiger partial charge in [-0.15, -0.1) is 11.3 Å². The van der Waals surface area contributed by atoms with Gasteiger partial charge in [-0.05, 0) is 42.1 Å². The summed E-state index contributed by atoms with van der Waals surface area (Å²) in [5.41, 5.74) is 0.395. The predicted octanol–water partition coefficient (Wildman–Crippen LogP) is 2.55. The van der Waals surface area contributed by atoms with Crippen molar-refractivity contribution >= 4 is 21.4 Å². The average Bonchev–Trinajstić information content (AvgIpc) is 3.10. The minimum absolute atomic E-state index is 0.0422. The molecule has 25 heavy (non-hydrogen) atoms. The molecule has 1 aromatic heterocycles. The highest BCUT2D eigenvalue weighted by Gasteiger charge is 2.26. The summed E-state index contributed by atoms with van der Waals surface area (Å²) in [5.74, 6) is -0.443. The number of sulfonamides is 1. The second-order valence-corrected chi connectivity index (χ2v) is 8.66. The lowest BCUT2D eigenvalue weighted by Crippen LogP contribution is -2.43. The van der Waals surface area contributed by atoms with Crippen molar-refractivity contribution in [2.24, 2.45) is 0 Å². The van der Waals surface area contributed by atoms with Gasteiger partial charge in [0.2, 0.25) is 10.0 Å². The van der Waals surface area contributed by atoms with Gasteiger partial charge in [0.05, 0.1) is 24.2 Å². The van der Waals surface area contributed by atoms with Crippen LogP contribution in [0.25, 0.3) is 0 Å². The maximum Gasteiger partial charge on any atom is 0.240 e. The van der Waals surface area contributed by atoms with Crippen LogP contribution < -0.4 is 4.72 Å². The summed E-state index contributed by atoms with van der Waals surface area (Å²) >= 11 is 1.61. The van der Waals surface area contributed by atoms with Crippen molar-refractivity contribution in [2.45, 2.75) is 17.9 Å². The fourth-order valence-electron chi connectivity index (χ4n) is 2.96. The van der Waals surface area contributed by atoms with Crippen LogP contribution in [0.1, 0.15) is 16.5 Å². The van der Waals surface area contributed by atoms with Crippen LogP contribution in [0.15, 0.2) is 40.6 Å². The summed E-state index contributed by atoms with van der Waals surface area (Å²) in [4.78, 5) is 3.45. The van der Waals surface area contributed by atoms with Gasteiger partial charge in [-0.3, -0.25) is 4.90 Å². The van der Waals surface area contributed by atoms with E-state index in [0.29, 0.717) is 18.8 Å². The lowest BCUT2D eigenvalue weighted by Gasteiger charge is -2.34. The molecule has 1 aliphatic heterocycles. The molecule has 0 saturated carbocycles. The number of rotatable bonds is 6. The largest absolute Gasteiger partial charge is 0.379 e. The lowest BCUT2D eigenvalue weighted by molar-refractivity contribution is 0.0179. The molecule has 0 spiro atoms. The zero-order valence-corrected chi connectivity index (χ0v) is 15.6. The molecule has 1 atom stereocenters. The first-order valence-corrected chi connectivity index (χ1v) is 10.4. The van der Waals surface area contributed by atoms with Gasteiger partial charge < -0.3 is 4.74 Å². The van der Waals surface area contributed by atoms with Gasteiger partial charge in [0.15, 0.2) is 0 Å². The van der Waals surface area contributed by atoms with E-state index in [9.17, 15) is 12.8 Å². The molecular formula is C17H21FN2O3S2. The van der Waals surface area contributed by atoms with E-state index in [2.05, 4.69) is 9.62 Å². The standard InChI is InChI=1S/C17H21FN2O3S2/c1-13-11-14(18)4-5-17(13)25(21,22)19-12-15(16-3-2-10-24-16)20-6-8-23-9-7-20/h2-5,10-11,15,19H,6-9,12H2,1H3. The molecule has 2 heterocycles. The van der Waals surface area contributed by atoms with Gasteiger partial charge in [-0.1, -0.05) is 6.07 Å². The highest BCUT2D eigenvalue weighted by Crippen LogP contribution is 2.26. The number of hydrogen-bond acceptors (Lipinski definition) is 5. The third kappa shape index (κ3) is 4.45. The number of morpholine rings is 1. The van der Waals surface area contributed by atoms with Crippen molar-refractivity contribution in [2.75, 3.05) is 32.8 Å². The summed E-state index contributed by atoms with van der Waals surface area (Å²) in [7, 11) is -3.70. The first-order valence-electron chi connectivity index (χ1n) is 8.08.